The van der Waals surface area contributed by atoms with Crippen LogP contribution in [0.25, 0.3) is 17.5 Å². The molecule has 1 N–H and O–H groups in total. The van der Waals surface area contributed by atoms with E-state index >= 15 is 0 Å². The number of allylic oxidation sites excluding steroid dienone is 1. The zero-order chi connectivity index (χ0) is 21.6. The van der Waals surface area contributed by atoms with Gasteiger partial charge in [-0.2, -0.15) is 0 Å². The van der Waals surface area contributed by atoms with Crippen molar-refractivity contribution >= 4 is 12.0 Å². The van der Waals surface area contributed by atoms with Crippen LogP contribution >= 0.6 is 0 Å². The van der Waals surface area contributed by atoms with Crippen LogP contribution in [0.3, 0.4) is 0 Å². The van der Waals surface area contributed by atoms with Gasteiger partial charge in [0, 0.05) is 30.8 Å². The van der Waals surface area contributed by atoms with E-state index in [4.69, 9.17) is 4.42 Å². The van der Waals surface area contributed by atoms with Crippen molar-refractivity contribution in [2.24, 2.45) is 0 Å². The maximum absolute atomic E-state index is 11.6. The second-order valence-electron chi connectivity index (χ2n) is 7.42. The normalized spacial score (nSPS) is 12.3. The van der Waals surface area contributed by atoms with E-state index in [1.165, 1.54) is 0 Å². The number of carbonyl (C=O) groups is 1. The lowest BCUT2D eigenvalue weighted by Gasteiger charge is -2.14. The summed E-state index contributed by atoms with van der Waals surface area (Å²) in [5, 5.41) is 9.54. The molecule has 1 atom stereocenters. The van der Waals surface area contributed by atoms with Crippen molar-refractivity contribution in [2.75, 3.05) is 0 Å². The summed E-state index contributed by atoms with van der Waals surface area (Å²) < 4.78 is 7.53. The average Bonchev–Trinajstić information content (AvgIpc) is 3.44. The lowest BCUT2D eigenvalue weighted by Crippen LogP contribution is -2.20. The van der Waals surface area contributed by atoms with Crippen LogP contribution in [0.5, 0.6) is 0 Å². The fourth-order valence-corrected chi connectivity index (χ4v) is 3.49. The SMILES string of the molecule is Cc1oc(-c2ccccc2)nc1C/C=C/c1ccc(C[C@H](C(=O)O)n2cccc2)cc1. The summed E-state index contributed by atoms with van der Waals surface area (Å²) in [5.74, 6) is 0.628. The van der Waals surface area contributed by atoms with Crippen molar-refractivity contribution in [3.05, 3.63) is 108 Å². The molecule has 5 heteroatoms. The quantitative estimate of drug-likeness (QED) is 0.410. The summed E-state index contributed by atoms with van der Waals surface area (Å²) in [4.78, 5) is 16.2. The molecular weight excluding hydrogens is 388 g/mol. The molecule has 0 aliphatic heterocycles. The first kappa shape index (κ1) is 20.4. The number of aromatic nitrogens is 2. The van der Waals surface area contributed by atoms with E-state index < -0.39 is 12.0 Å². The summed E-state index contributed by atoms with van der Waals surface area (Å²) in [5.41, 5.74) is 3.93. The Labute approximate surface area is 181 Å². The van der Waals surface area contributed by atoms with Gasteiger partial charge in [0.15, 0.2) is 0 Å². The van der Waals surface area contributed by atoms with Crippen molar-refractivity contribution in [3.8, 4) is 11.5 Å². The highest BCUT2D eigenvalue weighted by Gasteiger charge is 2.18. The minimum atomic E-state index is -0.835. The van der Waals surface area contributed by atoms with Crippen molar-refractivity contribution < 1.29 is 14.3 Å². The zero-order valence-corrected chi connectivity index (χ0v) is 17.3. The molecule has 2 heterocycles. The number of hydrogen-bond acceptors (Lipinski definition) is 3. The maximum Gasteiger partial charge on any atom is 0.327 e. The molecule has 0 aliphatic carbocycles. The minimum Gasteiger partial charge on any atom is -0.480 e. The Morgan fingerprint density at radius 3 is 2.45 bits per heavy atom. The Bertz CT molecular complexity index is 1160. The molecule has 2 aromatic heterocycles. The summed E-state index contributed by atoms with van der Waals surface area (Å²) in [6.45, 7) is 1.93. The Kier molecular flexibility index (Phi) is 6.13. The second-order valence-corrected chi connectivity index (χ2v) is 7.42. The third-order valence-corrected chi connectivity index (χ3v) is 5.22. The highest BCUT2D eigenvalue weighted by molar-refractivity contribution is 5.72. The topological polar surface area (TPSA) is 68.3 Å². The van der Waals surface area contributed by atoms with Crippen LogP contribution < -0.4 is 0 Å². The van der Waals surface area contributed by atoms with Gasteiger partial charge < -0.3 is 14.1 Å². The highest BCUT2D eigenvalue weighted by Crippen LogP contribution is 2.22. The van der Waals surface area contributed by atoms with Gasteiger partial charge in [-0.15, -0.1) is 0 Å². The van der Waals surface area contributed by atoms with Gasteiger partial charge >= 0.3 is 5.97 Å². The summed E-state index contributed by atoms with van der Waals surface area (Å²) in [6.07, 6.45) is 8.79. The fraction of sp³-hybridized carbons (Fsp3) is 0.154. The molecule has 0 fully saturated rings. The van der Waals surface area contributed by atoms with E-state index in [1.54, 1.807) is 17.0 Å². The Hall–Kier alpha value is -3.86. The van der Waals surface area contributed by atoms with E-state index in [0.29, 0.717) is 18.7 Å². The van der Waals surface area contributed by atoms with Crippen LogP contribution in [0.4, 0.5) is 0 Å². The van der Waals surface area contributed by atoms with Crippen LogP contribution in [0.2, 0.25) is 0 Å². The molecule has 156 valence electrons. The lowest BCUT2D eigenvalue weighted by atomic mass is 10.0. The summed E-state index contributed by atoms with van der Waals surface area (Å²) in [7, 11) is 0. The van der Waals surface area contributed by atoms with Crippen LogP contribution in [0, 0.1) is 6.92 Å². The van der Waals surface area contributed by atoms with E-state index in [1.807, 2.05) is 79.7 Å². The molecule has 0 saturated carbocycles. The third-order valence-electron chi connectivity index (χ3n) is 5.22. The van der Waals surface area contributed by atoms with Crippen molar-refractivity contribution in [1.29, 1.82) is 0 Å². The van der Waals surface area contributed by atoms with Crippen LogP contribution in [-0.2, 0) is 17.6 Å². The zero-order valence-electron chi connectivity index (χ0n) is 17.3. The molecule has 4 aromatic rings. The molecule has 0 bridgehead atoms. The number of carboxylic acid groups (broad SMARTS) is 1. The van der Waals surface area contributed by atoms with Crippen LogP contribution in [0.1, 0.15) is 28.6 Å². The molecule has 2 aromatic carbocycles. The molecule has 0 amide bonds. The molecule has 5 nitrogen and oxygen atoms in total. The molecule has 0 spiro atoms. The van der Waals surface area contributed by atoms with Gasteiger partial charge in [0.2, 0.25) is 5.89 Å². The van der Waals surface area contributed by atoms with E-state index in [-0.39, 0.29) is 0 Å². The van der Waals surface area contributed by atoms with Crippen LogP contribution in [0.15, 0.2) is 89.6 Å². The Morgan fingerprint density at radius 2 is 1.77 bits per heavy atom. The molecule has 0 unspecified atom stereocenters. The number of rotatable bonds is 8. The second kappa shape index (κ2) is 9.30. The number of oxazole rings is 1. The average molecular weight is 412 g/mol. The Morgan fingerprint density at radius 1 is 1.06 bits per heavy atom. The number of hydrogen-bond donors (Lipinski definition) is 1. The molecule has 0 saturated heterocycles. The van der Waals surface area contributed by atoms with Crippen molar-refractivity contribution in [2.45, 2.75) is 25.8 Å². The summed E-state index contributed by atoms with van der Waals surface area (Å²) >= 11 is 0. The lowest BCUT2D eigenvalue weighted by molar-refractivity contribution is -0.140. The number of carboxylic acids is 1. The molecule has 0 aliphatic rings. The monoisotopic (exact) mass is 412 g/mol. The van der Waals surface area contributed by atoms with Crippen LogP contribution in [-0.4, -0.2) is 20.6 Å². The van der Waals surface area contributed by atoms with Gasteiger partial charge in [0.05, 0.1) is 5.69 Å². The third kappa shape index (κ3) is 5.01. The van der Waals surface area contributed by atoms with E-state index in [0.717, 1.165) is 28.1 Å². The number of nitrogens with zero attached hydrogens (tertiary/aromatic N) is 2. The van der Waals surface area contributed by atoms with Gasteiger partial charge in [0.25, 0.3) is 0 Å². The summed E-state index contributed by atoms with van der Waals surface area (Å²) in [6, 6.07) is 20.9. The maximum atomic E-state index is 11.6. The standard InChI is InChI=1S/C26H24N2O3/c1-19-23(27-25(31-19)22-9-3-2-4-10-22)11-7-8-20-12-14-21(15-13-20)18-24(26(29)30)28-16-5-6-17-28/h2-10,12-17,24H,11,18H2,1H3,(H,29,30)/b8-7+/t24-/m1/s1. The van der Waals surface area contributed by atoms with Gasteiger partial charge in [-0.1, -0.05) is 54.6 Å². The first-order valence-electron chi connectivity index (χ1n) is 10.2. The molecule has 4 rings (SSSR count). The van der Waals surface area contributed by atoms with Crippen molar-refractivity contribution in [3.63, 3.8) is 0 Å². The minimum absolute atomic E-state index is 0.439. The Balaban J connectivity index is 1.39. The first-order valence-corrected chi connectivity index (χ1v) is 10.2. The van der Waals surface area contributed by atoms with Gasteiger partial charge in [-0.05, 0) is 42.3 Å². The predicted molar refractivity (Wildman–Crippen MR) is 121 cm³/mol. The predicted octanol–water partition coefficient (Wildman–Crippen LogP) is 5.58. The van der Waals surface area contributed by atoms with Crippen molar-refractivity contribution in [1.82, 2.24) is 9.55 Å². The number of benzene rings is 2. The number of aliphatic carboxylic acids is 1. The molecule has 31 heavy (non-hydrogen) atoms. The fourth-order valence-electron chi connectivity index (χ4n) is 3.49. The molecule has 0 radical (unpaired) electrons. The van der Waals surface area contributed by atoms with Gasteiger partial charge in [0.1, 0.15) is 11.8 Å². The largest absolute Gasteiger partial charge is 0.480 e. The van der Waals surface area contributed by atoms with E-state index in [2.05, 4.69) is 11.1 Å². The smallest absolute Gasteiger partial charge is 0.327 e. The number of aryl methyl sites for hydroxylation is 1. The molecular formula is C26H24N2O3. The van der Waals surface area contributed by atoms with Gasteiger partial charge in [-0.3, -0.25) is 0 Å². The highest BCUT2D eigenvalue weighted by atomic mass is 16.4. The van der Waals surface area contributed by atoms with Gasteiger partial charge in [-0.25, -0.2) is 9.78 Å². The van der Waals surface area contributed by atoms with E-state index in [9.17, 15) is 9.90 Å². The first-order chi connectivity index (χ1) is 15.1.